The highest BCUT2D eigenvalue weighted by Gasteiger charge is 2.29. The van der Waals surface area contributed by atoms with Gasteiger partial charge in [0.1, 0.15) is 16.8 Å². The molecule has 2 rings (SSSR count). The number of para-hydroxylation sites is 1. The first-order valence-corrected chi connectivity index (χ1v) is 10.4. The summed E-state index contributed by atoms with van der Waals surface area (Å²) < 4.78 is 51.9. The number of sulfonamides is 1. The lowest BCUT2D eigenvalue weighted by molar-refractivity contribution is -0.123. The molecule has 0 spiro atoms. The summed E-state index contributed by atoms with van der Waals surface area (Å²) in [6.45, 7) is 3.49. The number of carbonyl (C=O) groups is 1. The van der Waals surface area contributed by atoms with Crippen LogP contribution in [0.15, 0.2) is 47.4 Å². The predicted molar refractivity (Wildman–Crippen MR) is 107 cm³/mol. The Labute approximate surface area is 170 Å². The Morgan fingerprint density at radius 3 is 2.34 bits per heavy atom. The average molecular weight is 424 g/mol. The lowest BCUT2D eigenvalue weighted by Gasteiger charge is -2.22. The number of rotatable bonds is 9. The minimum Gasteiger partial charge on any atom is -0.493 e. The lowest BCUT2D eigenvalue weighted by atomic mass is 10.0. The molecule has 2 N–H and O–H groups in total. The molecule has 2 aromatic carbocycles. The van der Waals surface area contributed by atoms with Crippen molar-refractivity contribution >= 4 is 15.9 Å². The third-order valence-electron chi connectivity index (χ3n) is 4.29. The van der Waals surface area contributed by atoms with Gasteiger partial charge in [-0.25, -0.2) is 12.8 Å². The van der Waals surface area contributed by atoms with Gasteiger partial charge in [-0.05, 0) is 24.1 Å². The van der Waals surface area contributed by atoms with Crippen LogP contribution < -0.4 is 19.5 Å². The number of halogens is 1. The summed E-state index contributed by atoms with van der Waals surface area (Å²) in [4.78, 5) is 12.2. The van der Waals surface area contributed by atoms with Crippen molar-refractivity contribution in [2.75, 3.05) is 14.2 Å². The zero-order valence-corrected chi connectivity index (χ0v) is 17.5. The zero-order chi connectivity index (χ0) is 21.6. The molecular formula is C20H25FN2O5S. The normalized spacial score (nSPS) is 12.5. The number of hydrogen-bond acceptors (Lipinski definition) is 5. The van der Waals surface area contributed by atoms with Crippen LogP contribution in [-0.4, -0.2) is 34.6 Å². The molecule has 29 heavy (non-hydrogen) atoms. The molecule has 7 nitrogen and oxygen atoms in total. The highest BCUT2D eigenvalue weighted by atomic mass is 32.2. The van der Waals surface area contributed by atoms with E-state index in [9.17, 15) is 17.6 Å². The lowest BCUT2D eigenvalue weighted by Crippen LogP contribution is -2.49. The van der Waals surface area contributed by atoms with Crippen LogP contribution in [0.1, 0.15) is 19.4 Å². The van der Waals surface area contributed by atoms with Gasteiger partial charge >= 0.3 is 0 Å². The summed E-state index contributed by atoms with van der Waals surface area (Å²) in [7, 11) is -1.22. The number of amides is 1. The second-order valence-electron chi connectivity index (χ2n) is 6.64. The van der Waals surface area contributed by atoms with Crippen molar-refractivity contribution in [1.82, 2.24) is 10.0 Å². The Bertz CT molecular complexity index is 963. The van der Waals surface area contributed by atoms with Crippen LogP contribution in [0.2, 0.25) is 0 Å². The molecule has 9 heteroatoms. The Morgan fingerprint density at radius 2 is 1.76 bits per heavy atom. The van der Waals surface area contributed by atoms with Crippen molar-refractivity contribution in [3.63, 3.8) is 0 Å². The minimum absolute atomic E-state index is 0.101. The van der Waals surface area contributed by atoms with E-state index in [2.05, 4.69) is 10.0 Å². The monoisotopic (exact) mass is 424 g/mol. The maximum atomic E-state index is 13.9. The number of ether oxygens (including phenoxy) is 2. The maximum Gasteiger partial charge on any atom is 0.244 e. The number of carbonyl (C=O) groups excluding carboxylic acids is 1. The highest BCUT2D eigenvalue weighted by molar-refractivity contribution is 7.89. The number of hydrogen-bond donors (Lipinski definition) is 2. The largest absolute Gasteiger partial charge is 0.493 e. The molecule has 2 aromatic rings. The van der Waals surface area contributed by atoms with Gasteiger partial charge in [-0.3, -0.25) is 4.79 Å². The van der Waals surface area contributed by atoms with Gasteiger partial charge in [0.25, 0.3) is 0 Å². The van der Waals surface area contributed by atoms with Crippen LogP contribution in [0.3, 0.4) is 0 Å². The van der Waals surface area contributed by atoms with Crippen molar-refractivity contribution in [3.05, 3.63) is 53.8 Å². The second kappa shape index (κ2) is 9.71. The summed E-state index contributed by atoms with van der Waals surface area (Å²) >= 11 is 0. The van der Waals surface area contributed by atoms with Crippen LogP contribution in [0.25, 0.3) is 0 Å². The molecule has 0 aliphatic heterocycles. The van der Waals surface area contributed by atoms with Gasteiger partial charge in [0.15, 0.2) is 11.5 Å². The summed E-state index contributed by atoms with van der Waals surface area (Å²) in [5, 5.41) is 2.70. The van der Waals surface area contributed by atoms with Gasteiger partial charge < -0.3 is 14.8 Å². The molecule has 0 unspecified atom stereocenters. The molecule has 0 bridgehead atoms. The zero-order valence-electron chi connectivity index (χ0n) is 16.7. The molecule has 158 valence electrons. The fraction of sp³-hybridized carbons (Fsp3) is 0.350. The van der Waals surface area contributed by atoms with Crippen LogP contribution >= 0.6 is 0 Å². The molecule has 0 aromatic heterocycles. The summed E-state index contributed by atoms with van der Waals surface area (Å²) in [6, 6.07) is 9.15. The summed E-state index contributed by atoms with van der Waals surface area (Å²) in [6.07, 6.45) is 0. The Kier molecular flexibility index (Phi) is 7.58. The van der Waals surface area contributed by atoms with E-state index in [0.717, 1.165) is 12.1 Å². The molecule has 0 saturated heterocycles. The predicted octanol–water partition coefficient (Wildman–Crippen LogP) is 2.46. The Morgan fingerprint density at radius 1 is 1.07 bits per heavy atom. The molecule has 0 aliphatic rings. The van der Waals surface area contributed by atoms with E-state index in [1.54, 1.807) is 32.0 Å². The molecule has 0 radical (unpaired) electrons. The van der Waals surface area contributed by atoms with E-state index < -0.39 is 32.7 Å². The molecule has 1 atom stereocenters. The van der Waals surface area contributed by atoms with Gasteiger partial charge in [0.2, 0.25) is 15.9 Å². The highest BCUT2D eigenvalue weighted by Crippen LogP contribution is 2.30. The fourth-order valence-electron chi connectivity index (χ4n) is 2.77. The SMILES string of the molecule is COc1cccc(CNC(=O)[C@@H](NS(=O)(=O)c2ccccc2F)C(C)C)c1OC. The van der Waals surface area contributed by atoms with E-state index in [1.807, 2.05) is 0 Å². The van der Waals surface area contributed by atoms with Gasteiger partial charge in [-0.1, -0.05) is 38.1 Å². The van der Waals surface area contributed by atoms with E-state index in [4.69, 9.17) is 9.47 Å². The van der Waals surface area contributed by atoms with Crippen molar-refractivity contribution in [2.24, 2.45) is 5.92 Å². The van der Waals surface area contributed by atoms with E-state index in [-0.39, 0.29) is 12.5 Å². The number of methoxy groups -OCH3 is 2. The van der Waals surface area contributed by atoms with E-state index >= 15 is 0 Å². The Hall–Kier alpha value is -2.65. The van der Waals surface area contributed by atoms with Crippen molar-refractivity contribution in [1.29, 1.82) is 0 Å². The molecule has 0 heterocycles. The standard InChI is InChI=1S/C20H25FN2O5S/c1-13(2)18(23-29(25,26)17-11-6-5-9-15(17)21)20(24)22-12-14-8-7-10-16(27-3)19(14)28-4/h5-11,13,18,23H,12H2,1-4H3,(H,22,24)/t18-/m0/s1. The van der Waals surface area contributed by atoms with E-state index in [0.29, 0.717) is 17.1 Å². The second-order valence-corrected chi connectivity index (χ2v) is 8.33. The van der Waals surface area contributed by atoms with Crippen LogP contribution in [0.4, 0.5) is 4.39 Å². The molecule has 0 saturated carbocycles. The third-order valence-corrected chi connectivity index (χ3v) is 5.77. The average Bonchev–Trinajstić information content (AvgIpc) is 2.69. The maximum absolute atomic E-state index is 13.9. The van der Waals surface area contributed by atoms with E-state index in [1.165, 1.54) is 26.4 Å². The van der Waals surface area contributed by atoms with Crippen LogP contribution in [0.5, 0.6) is 11.5 Å². The molecule has 1 amide bonds. The van der Waals surface area contributed by atoms with Crippen molar-refractivity contribution in [2.45, 2.75) is 31.3 Å². The first-order valence-electron chi connectivity index (χ1n) is 8.95. The van der Waals surface area contributed by atoms with Gasteiger partial charge in [-0.2, -0.15) is 4.72 Å². The molecular weight excluding hydrogens is 399 g/mol. The molecule has 0 aliphatic carbocycles. The number of benzene rings is 2. The molecule has 0 fully saturated rings. The quantitative estimate of drug-likeness (QED) is 0.645. The van der Waals surface area contributed by atoms with Crippen LogP contribution in [0, 0.1) is 11.7 Å². The van der Waals surface area contributed by atoms with Crippen molar-refractivity contribution in [3.8, 4) is 11.5 Å². The first-order chi connectivity index (χ1) is 13.7. The minimum atomic E-state index is -4.22. The summed E-state index contributed by atoms with van der Waals surface area (Å²) in [5.74, 6) is -0.805. The van der Waals surface area contributed by atoms with Crippen LogP contribution in [-0.2, 0) is 21.4 Å². The van der Waals surface area contributed by atoms with Gasteiger partial charge in [-0.15, -0.1) is 0 Å². The van der Waals surface area contributed by atoms with Crippen molar-refractivity contribution < 1.29 is 27.1 Å². The first kappa shape index (κ1) is 22.6. The topological polar surface area (TPSA) is 93.7 Å². The van der Waals surface area contributed by atoms with Gasteiger partial charge in [0, 0.05) is 12.1 Å². The third kappa shape index (κ3) is 5.45. The summed E-state index contributed by atoms with van der Waals surface area (Å²) in [5.41, 5.74) is 0.666. The fourth-order valence-corrected chi connectivity index (χ4v) is 4.19. The smallest absolute Gasteiger partial charge is 0.244 e. The van der Waals surface area contributed by atoms with Gasteiger partial charge in [0.05, 0.1) is 14.2 Å². The Balaban J connectivity index is 2.18. The number of nitrogens with one attached hydrogen (secondary N) is 2.